The highest BCUT2D eigenvalue weighted by atomic mass is 16.5. The predicted octanol–water partition coefficient (Wildman–Crippen LogP) is 2.51. The van der Waals surface area contributed by atoms with Crippen LogP contribution in [0.4, 0.5) is 5.69 Å². The molecule has 2 N–H and O–H groups in total. The first-order chi connectivity index (χ1) is 13.6. The Hall–Kier alpha value is -2.41. The van der Waals surface area contributed by atoms with Crippen LogP contribution < -0.4 is 10.6 Å². The molecule has 0 radical (unpaired) electrons. The topological polar surface area (TPSA) is 93.7 Å². The standard InChI is InChI=1S/C21H28N2O5/c1-27-21(26)16-4-2-5-17(12-16)23-20(25)15-9-7-14(8-10-15)19(24)22-13-18-6-3-11-28-18/h2,4-5,12,14-15,18H,3,6-11,13H2,1H3,(H,22,24)(H,23,25). The Kier molecular flexibility index (Phi) is 7.03. The van der Waals surface area contributed by atoms with Gasteiger partial charge in [0.15, 0.2) is 0 Å². The molecule has 1 saturated carbocycles. The second kappa shape index (κ2) is 9.68. The largest absolute Gasteiger partial charge is 0.465 e. The molecule has 2 fully saturated rings. The molecule has 1 aliphatic carbocycles. The van der Waals surface area contributed by atoms with Crippen LogP contribution in [-0.4, -0.2) is 44.1 Å². The predicted molar refractivity (Wildman–Crippen MR) is 104 cm³/mol. The first kappa shape index (κ1) is 20.3. The van der Waals surface area contributed by atoms with Crippen LogP contribution in [0.5, 0.6) is 0 Å². The molecule has 7 heteroatoms. The molecular weight excluding hydrogens is 360 g/mol. The highest BCUT2D eigenvalue weighted by Crippen LogP contribution is 2.30. The number of benzene rings is 1. The Morgan fingerprint density at radius 3 is 2.43 bits per heavy atom. The van der Waals surface area contributed by atoms with Crippen molar-refractivity contribution >= 4 is 23.5 Å². The molecule has 1 saturated heterocycles. The number of carbonyl (C=O) groups excluding carboxylic acids is 3. The molecule has 2 aliphatic rings. The van der Waals surface area contributed by atoms with E-state index in [0.717, 1.165) is 19.4 Å². The van der Waals surface area contributed by atoms with Crippen LogP contribution in [0.15, 0.2) is 24.3 Å². The number of methoxy groups -OCH3 is 1. The van der Waals surface area contributed by atoms with Gasteiger partial charge in [-0.1, -0.05) is 6.07 Å². The van der Waals surface area contributed by atoms with E-state index in [-0.39, 0.29) is 29.8 Å². The molecule has 1 aromatic carbocycles. The Morgan fingerprint density at radius 2 is 1.79 bits per heavy atom. The molecule has 1 aliphatic heterocycles. The number of hydrogen-bond acceptors (Lipinski definition) is 5. The van der Waals surface area contributed by atoms with E-state index in [1.54, 1.807) is 24.3 Å². The summed E-state index contributed by atoms with van der Waals surface area (Å²) in [5.41, 5.74) is 0.969. The number of esters is 1. The maximum Gasteiger partial charge on any atom is 0.337 e. The van der Waals surface area contributed by atoms with Crippen molar-refractivity contribution < 1.29 is 23.9 Å². The Balaban J connectivity index is 1.44. The average molecular weight is 388 g/mol. The highest BCUT2D eigenvalue weighted by molar-refractivity contribution is 5.95. The van der Waals surface area contributed by atoms with E-state index in [1.165, 1.54) is 7.11 Å². The van der Waals surface area contributed by atoms with Gasteiger partial charge in [0.25, 0.3) is 0 Å². The molecule has 2 amide bonds. The zero-order chi connectivity index (χ0) is 19.9. The van der Waals surface area contributed by atoms with Crippen LogP contribution >= 0.6 is 0 Å². The van der Waals surface area contributed by atoms with Gasteiger partial charge in [-0.3, -0.25) is 9.59 Å². The van der Waals surface area contributed by atoms with Crippen molar-refractivity contribution in [1.29, 1.82) is 0 Å². The van der Waals surface area contributed by atoms with Crippen molar-refractivity contribution in [3.63, 3.8) is 0 Å². The summed E-state index contributed by atoms with van der Waals surface area (Å²) in [7, 11) is 1.32. The monoisotopic (exact) mass is 388 g/mol. The zero-order valence-corrected chi connectivity index (χ0v) is 16.2. The third kappa shape index (κ3) is 5.32. The van der Waals surface area contributed by atoms with Crippen molar-refractivity contribution in [1.82, 2.24) is 5.32 Å². The van der Waals surface area contributed by atoms with Crippen LogP contribution in [0.1, 0.15) is 48.9 Å². The van der Waals surface area contributed by atoms with Gasteiger partial charge in [0.2, 0.25) is 11.8 Å². The number of rotatable bonds is 6. The maximum absolute atomic E-state index is 12.6. The second-order valence-corrected chi connectivity index (χ2v) is 7.49. The molecule has 152 valence electrons. The Bertz CT molecular complexity index is 707. The van der Waals surface area contributed by atoms with Gasteiger partial charge in [0.05, 0.1) is 18.8 Å². The fourth-order valence-corrected chi connectivity index (χ4v) is 3.87. The summed E-state index contributed by atoms with van der Waals surface area (Å²) < 4.78 is 10.2. The third-order valence-electron chi connectivity index (χ3n) is 5.55. The minimum absolute atomic E-state index is 0.0342. The molecular formula is C21H28N2O5. The average Bonchev–Trinajstić information content (AvgIpc) is 3.25. The van der Waals surface area contributed by atoms with E-state index in [2.05, 4.69) is 10.6 Å². The quantitative estimate of drug-likeness (QED) is 0.731. The Labute approximate surface area is 165 Å². The van der Waals surface area contributed by atoms with Crippen LogP contribution in [0.25, 0.3) is 0 Å². The number of hydrogen-bond donors (Lipinski definition) is 2. The smallest absolute Gasteiger partial charge is 0.337 e. The summed E-state index contributed by atoms with van der Waals surface area (Å²) in [4.78, 5) is 36.5. The summed E-state index contributed by atoms with van der Waals surface area (Å²) in [6.07, 6.45) is 4.98. The molecule has 1 unspecified atom stereocenters. The van der Waals surface area contributed by atoms with Crippen molar-refractivity contribution in [3.8, 4) is 0 Å². The van der Waals surface area contributed by atoms with Gasteiger partial charge in [-0.05, 0) is 56.7 Å². The van der Waals surface area contributed by atoms with E-state index in [9.17, 15) is 14.4 Å². The normalized spacial score (nSPS) is 24.4. The van der Waals surface area contributed by atoms with Gasteiger partial charge >= 0.3 is 5.97 Å². The van der Waals surface area contributed by atoms with E-state index in [1.807, 2.05) is 0 Å². The Morgan fingerprint density at radius 1 is 1.07 bits per heavy atom. The molecule has 28 heavy (non-hydrogen) atoms. The molecule has 0 spiro atoms. The second-order valence-electron chi connectivity index (χ2n) is 7.49. The SMILES string of the molecule is COC(=O)c1cccc(NC(=O)C2CCC(C(=O)NCC3CCCO3)CC2)c1. The minimum atomic E-state index is -0.439. The highest BCUT2D eigenvalue weighted by Gasteiger charge is 2.30. The van der Waals surface area contributed by atoms with Gasteiger partial charge in [-0.2, -0.15) is 0 Å². The van der Waals surface area contributed by atoms with E-state index in [0.29, 0.717) is 43.5 Å². The maximum atomic E-state index is 12.6. The lowest BCUT2D eigenvalue weighted by Crippen LogP contribution is -2.38. The van der Waals surface area contributed by atoms with Gasteiger partial charge in [0, 0.05) is 30.7 Å². The summed E-state index contributed by atoms with van der Waals surface area (Å²) in [6.45, 7) is 1.36. The van der Waals surface area contributed by atoms with Crippen molar-refractivity contribution in [2.75, 3.05) is 25.6 Å². The number of carbonyl (C=O) groups is 3. The summed E-state index contributed by atoms with van der Waals surface area (Å²) >= 11 is 0. The minimum Gasteiger partial charge on any atom is -0.465 e. The lowest BCUT2D eigenvalue weighted by atomic mass is 9.81. The first-order valence-corrected chi connectivity index (χ1v) is 9.95. The third-order valence-corrected chi connectivity index (χ3v) is 5.55. The van der Waals surface area contributed by atoms with Gasteiger partial charge < -0.3 is 20.1 Å². The zero-order valence-electron chi connectivity index (χ0n) is 16.2. The molecule has 0 bridgehead atoms. The molecule has 3 rings (SSSR count). The van der Waals surface area contributed by atoms with Crippen LogP contribution in [-0.2, 0) is 19.1 Å². The first-order valence-electron chi connectivity index (χ1n) is 9.95. The lowest BCUT2D eigenvalue weighted by molar-refractivity contribution is -0.128. The van der Waals surface area contributed by atoms with Crippen LogP contribution in [0.3, 0.4) is 0 Å². The van der Waals surface area contributed by atoms with Gasteiger partial charge in [-0.25, -0.2) is 4.79 Å². The van der Waals surface area contributed by atoms with Gasteiger partial charge in [-0.15, -0.1) is 0 Å². The summed E-state index contributed by atoms with van der Waals surface area (Å²) in [6, 6.07) is 6.70. The van der Waals surface area contributed by atoms with Crippen molar-refractivity contribution in [2.24, 2.45) is 11.8 Å². The number of ether oxygens (including phenoxy) is 2. The van der Waals surface area contributed by atoms with E-state index in [4.69, 9.17) is 9.47 Å². The lowest BCUT2D eigenvalue weighted by Gasteiger charge is -2.27. The number of amides is 2. The van der Waals surface area contributed by atoms with Crippen molar-refractivity contribution in [2.45, 2.75) is 44.6 Å². The molecule has 1 atom stereocenters. The molecule has 1 aromatic rings. The fraction of sp³-hybridized carbons (Fsp3) is 0.571. The summed E-state index contributed by atoms with van der Waals surface area (Å²) in [5, 5.41) is 5.87. The summed E-state index contributed by atoms with van der Waals surface area (Å²) in [5.74, 6) is -0.594. The van der Waals surface area contributed by atoms with E-state index < -0.39 is 5.97 Å². The van der Waals surface area contributed by atoms with Gasteiger partial charge in [0.1, 0.15) is 0 Å². The van der Waals surface area contributed by atoms with Crippen LogP contribution in [0, 0.1) is 11.8 Å². The molecule has 1 heterocycles. The number of anilines is 1. The number of nitrogens with one attached hydrogen (secondary N) is 2. The van der Waals surface area contributed by atoms with Crippen molar-refractivity contribution in [3.05, 3.63) is 29.8 Å². The van der Waals surface area contributed by atoms with Crippen LogP contribution in [0.2, 0.25) is 0 Å². The van der Waals surface area contributed by atoms with E-state index >= 15 is 0 Å². The fourth-order valence-electron chi connectivity index (χ4n) is 3.87. The molecule has 7 nitrogen and oxygen atoms in total. The molecule has 0 aromatic heterocycles.